The summed E-state index contributed by atoms with van der Waals surface area (Å²) in [5.41, 5.74) is 8.04. The molecule has 5 nitrogen and oxygen atoms in total. The molecule has 1 amide bonds. The Balaban J connectivity index is 2.01. The first-order valence-electron chi connectivity index (χ1n) is 7.78. The van der Waals surface area contributed by atoms with Crippen LogP contribution in [0.4, 0.5) is 0 Å². The van der Waals surface area contributed by atoms with Gasteiger partial charge in [-0.2, -0.15) is 0 Å². The number of carbonyl (C=O) groups excluding carboxylic acids is 1. The second-order valence-electron chi connectivity index (χ2n) is 6.00. The van der Waals surface area contributed by atoms with E-state index in [2.05, 4.69) is 24.0 Å². The van der Waals surface area contributed by atoms with E-state index in [1.54, 1.807) is 25.5 Å². The molecule has 1 aromatic carbocycles. The molecule has 2 aromatic rings. The summed E-state index contributed by atoms with van der Waals surface area (Å²) in [7, 11) is 3.33. The number of guanidine groups is 1. The van der Waals surface area contributed by atoms with Gasteiger partial charge in [-0.1, -0.05) is 12.1 Å². The third-order valence-corrected chi connectivity index (χ3v) is 5.70. The molecule has 1 aliphatic rings. The number of nitrogens with zero attached hydrogens (tertiary/aromatic N) is 2. The number of thiophene rings is 1. The van der Waals surface area contributed by atoms with E-state index in [1.807, 2.05) is 25.1 Å². The molecular weight excluding hydrogens is 322 g/mol. The van der Waals surface area contributed by atoms with Gasteiger partial charge in [-0.05, 0) is 43.2 Å². The van der Waals surface area contributed by atoms with E-state index in [1.165, 1.54) is 4.90 Å². The Morgan fingerprint density at radius 2 is 2.08 bits per heavy atom. The average Bonchev–Trinajstić information content (AvgIpc) is 2.94. The Bertz CT molecular complexity index is 812. The summed E-state index contributed by atoms with van der Waals surface area (Å²) in [5, 5.41) is 0. The summed E-state index contributed by atoms with van der Waals surface area (Å²) in [6.07, 6.45) is 0. The quantitative estimate of drug-likeness (QED) is 0.931. The number of nitrogens with two attached hydrogens (primary N) is 1. The van der Waals surface area contributed by atoms with E-state index in [0.29, 0.717) is 0 Å². The minimum Gasteiger partial charge on any atom is -0.497 e. The van der Waals surface area contributed by atoms with Crippen LogP contribution in [0.1, 0.15) is 23.3 Å². The number of ether oxygens (including phenoxy) is 1. The lowest BCUT2D eigenvalue weighted by atomic mass is 9.96. The predicted molar refractivity (Wildman–Crippen MR) is 97.6 cm³/mol. The molecule has 1 aromatic heterocycles. The maximum absolute atomic E-state index is 12.7. The van der Waals surface area contributed by atoms with Gasteiger partial charge in [0.15, 0.2) is 5.96 Å². The highest BCUT2D eigenvalue weighted by atomic mass is 32.1. The van der Waals surface area contributed by atoms with Gasteiger partial charge in [-0.25, -0.2) is 4.99 Å². The van der Waals surface area contributed by atoms with E-state index in [9.17, 15) is 4.79 Å². The summed E-state index contributed by atoms with van der Waals surface area (Å²) >= 11 is 1.64. The molecule has 2 atom stereocenters. The van der Waals surface area contributed by atoms with Crippen molar-refractivity contribution in [2.24, 2.45) is 10.7 Å². The van der Waals surface area contributed by atoms with Crippen LogP contribution in [0.3, 0.4) is 0 Å². The molecule has 1 unspecified atom stereocenters. The van der Waals surface area contributed by atoms with Crippen LogP contribution < -0.4 is 10.5 Å². The highest BCUT2D eigenvalue weighted by Crippen LogP contribution is 2.39. The molecule has 0 saturated heterocycles. The third-order valence-electron chi connectivity index (χ3n) is 4.33. The number of amides is 1. The average molecular weight is 343 g/mol. The second kappa shape index (κ2) is 6.28. The smallest absolute Gasteiger partial charge is 0.239 e. The van der Waals surface area contributed by atoms with Gasteiger partial charge in [0.25, 0.3) is 0 Å². The normalized spacial score (nSPS) is 20.9. The molecule has 0 fully saturated rings. The van der Waals surface area contributed by atoms with Crippen LogP contribution in [0, 0.1) is 6.92 Å². The summed E-state index contributed by atoms with van der Waals surface area (Å²) in [6, 6.07) is 9.89. The summed E-state index contributed by atoms with van der Waals surface area (Å²) in [6.45, 7) is 4.00. The van der Waals surface area contributed by atoms with E-state index in [4.69, 9.17) is 10.5 Å². The minimum atomic E-state index is -0.287. The Labute approximate surface area is 145 Å². The van der Waals surface area contributed by atoms with Crippen molar-refractivity contribution in [2.45, 2.75) is 25.8 Å². The Hall–Kier alpha value is -2.34. The van der Waals surface area contributed by atoms with Gasteiger partial charge in [-0.3, -0.25) is 9.69 Å². The van der Waals surface area contributed by atoms with Crippen molar-refractivity contribution in [3.8, 4) is 16.2 Å². The monoisotopic (exact) mass is 343 g/mol. The molecule has 2 heterocycles. The fourth-order valence-electron chi connectivity index (χ4n) is 2.97. The molecule has 0 bridgehead atoms. The van der Waals surface area contributed by atoms with Crippen molar-refractivity contribution < 1.29 is 9.53 Å². The number of rotatable bonds is 3. The predicted octanol–water partition coefficient (Wildman–Crippen LogP) is 2.99. The number of benzene rings is 1. The molecule has 1 aliphatic heterocycles. The van der Waals surface area contributed by atoms with Gasteiger partial charge >= 0.3 is 0 Å². The van der Waals surface area contributed by atoms with Gasteiger partial charge in [0.1, 0.15) is 5.75 Å². The van der Waals surface area contributed by atoms with Crippen molar-refractivity contribution >= 4 is 23.2 Å². The number of likely N-dealkylation sites (N-methyl/N-ethyl adjacent to an activating group) is 1. The highest BCUT2D eigenvalue weighted by molar-refractivity contribution is 7.16. The van der Waals surface area contributed by atoms with Crippen LogP contribution in [0.25, 0.3) is 10.4 Å². The first kappa shape index (κ1) is 16.5. The van der Waals surface area contributed by atoms with Crippen molar-refractivity contribution in [3.63, 3.8) is 0 Å². The number of hydrogen-bond acceptors (Lipinski definition) is 5. The molecule has 0 radical (unpaired) electrons. The molecule has 24 heavy (non-hydrogen) atoms. The van der Waals surface area contributed by atoms with Gasteiger partial charge in [0.2, 0.25) is 5.91 Å². The summed E-state index contributed by atoms with van der Waals surface area (Å²) < 4.78 is 5.31. The molecule has 126 valence electrons. The minimum absolute atomic E-state index is 0.00607. The lowest BCUT2D eigenvalue weighted by Gasteiger charge is -2.30. The van der Waals surface area contributed by atoms with Crippen molar-refractivity contribution in [1.29, 1.82) is 0 Å². The highest BCUT2D eigenvalue weighted by Gasteiger charge is 2.36. The van der Waals surface area contributed by atoms with E-state index in [-0.39, 0.29) is 23.8 Å². The standard InChI is InChI=1S/C18H21N3O2S/c1-10-8-14(15-11(2)20-18(19)21(3)17(15)22)24-16(10)12-6-5-7-13(9-12)23-4/h5-9,11,15H,1-4H3,(H2,19,20)/t11-,15?/m0/s1. The van der Waals surface area contributed by atoms with Gasteiger partial charge < -0.3 is 10.5 Å². The lowest BCUT2D eigenvalue weighted by Crippen LogP contribution is -2.48. The van der Waals surface area contributed by atoms with Crippen molar-refractivity contribution in [3.05, 3.63) is 40.8 Å². The van der Waals surface area contributed by atoms with Crippen LogP contribution >= 0.6 is 11.3 Å². The summed E-state index contributed by atoms with van der Waals surface area (Å²) in [4.78, 5) is 20.7. The second-order valence-corrected chi connectivity index (χ2v) is 7.08. The zero-order chi connectivity index (χ0) is 17.4. The lowest BCUT2D eigenvalue weighted by molar-refractivity contribution is -0.129. The molecule has 6 heteroatoms. The maximum Gasteiger partial charge on any atom is 0.239 e. The number of hydrogen-bond donors (Lipinski definition) is 1. The van der Waals surface area contributed by atoms with Crippen LogP contribution in [-0.4, -0.2) is 37.0 Å². The zero-order valence-electron chi connectivity index (χ0n) is 14.2. The van der Waals surface area contributed by atoms with E-state index < -0.39 is 0 Å². The number of carbonyl (C=O) groups is 1. The number of aliphatic imine (C=N–C) groups is 1. The number of aryl methyl sites for hydroxylation is 1. The summed E-state index contributed by atoms with van der Waals surface area (Å²) in [5.74, 6) is 0.810. The Morgan fingerprint density at radius 3 is 2.79 bits per heavy atom. The molecule has 0 aliphatic carbocycles. The first-order valence-corrected chi connectivity index (χ1v) is 8.59. The van der Waals surface area contributed by atoms with Crippen LogP contribution in [-0.2, 0) is 4.79 Å². The number of methoxy groups -OCH3 is 1. The van der Waals surface area contributed by atoms with Crippen molar-refractivity contribution in [1.82, 2.24) is 4.90 Å². The SMILES string of the molecule is COc1cccc(-c2sc(C3C(=O)N(C)C(N)=N[C@H]3C)cc2C)c1. The fourth-order valence-corrected chi connectivity index (χ4v) is 4.33. The van der Waals surface area contributed by atoms with Gasteiger partial charge in [0, 0.05) is 16.8 Å². The van der Waals surface area contributed by atoms with E-state index >= 15 is 0 Å². The Kier molecular flexibility index (Phi) is 4.32. The maximum atomic E-state index is 12.7. The van der Waals surface area contributed by atoms with Gasteiger partial charge in [-0.15, -0.1) is 11.3 Å². The molecule has 3 rings (SSSR count). The van der Waals surface area contributed by atoms with Crippen LogP contribution in [0.15, 0.2) is 35.3 Å². The van der Waals surface area contributed by atoms with E-state index in [0.717, 1.165) is 26.6 Å². The topological polar surface area (TPSA) is 67.9 Å². The third kappa shape index (κ3) is 2.78. The van der Waals surface area contributed by atoms with Crippen LogP contribution in [0.5, 0.6) is 5.75 Å². The molecule has 0 spiro atoms. The van der Waals surface area contributed by atoms with Crippen molar-refractivity contribution in [2.75, 3.05) is 14.2 Å². The molecule has 2 N–H and O–H groups in total. The Morgan fingerprint density at radius 1 is 1.33 bits per heavy atom. The molecular formula is C18H21N3O2S. The van der Waals surface area contributed by atoms with Crippen LogP contribution in [0.2, 0.25) is 0 Å². The first-order chi connectivity index (χ1) is 11.4. The van der Waals surface area contributed by atoms with Gasteiger partial charge in [0.05, 0.1) is 19.1 Å². The largest absolute Gasteiger partial charge is 0.497 e. The fraction of sp³-hybridized carbons (Fsp3) is 0.333. The molecule has 0 saturated carbocycles. The zero-order valence-corrected chi connectivity index (χ0v) is 15.1.